The first-order valence-electron chi connectivity index (χ1n) is 13.7. The van der Waals surface area contributed by atoms with Crippen LogP contribution in [-0.4, -0.2) is 42.2 Å². The number of fused-ring (bicyclic) bond motifs is 1. The number of pyridine rings is 2. The fourth-order valence-electron chi connectivity index (χ4n) is 5.36. The Kier molecular flexibility index (Phi) is 6.26. The summed E-state index contributed by atoms with van der Waals surface area (Å²) in [5, 5.41) is 23.5. The molecule has 6 rings (SSSR count). The van der Waals surface area contributed by atoms with E-state index in [-0.39, 0.29) is 12.1 Å². The maximum atomic E-state index is 9.55. The molecular weight excluding hydrogens is 476 g/mol. The number of anilines is 1. The minimum atomic E-state index is -0.737. The lowest BCUT2D eigenvalue weighted by Gasteiger charge is -2.30. The van der Waals surface area contributed by atoms with Crippen LogP contribution in [0.25, 0.3) is 22.2 Å². The van der Waals surface area contributed by atoms with Gasteiger partial charge in [0.25, 0.3) is 0 Å². The lowest BCUT2D eigenvalue weighted by atomic mass is 9.93. The Hall–Kier alpha value is -3.93. The van der Waals surface area contributed by atoms with Crippen LogP contribution < -0.4 is 10.1 Å². The SMILES string of the molecule is CCNc1cc2c(cn1)c(-c1cnn(C(C)(C)C#N)c1)nn2[C@H]1CC[C@@H](Oc2cccnc2C2CC2)CC1. The van der Waals surface area contributed by atoms with Crippen molar-refractivity contribution in [3.05, 3.63) is 48.7 Å². The Balaban J connectivity index is 1.27. The Labute approximate surface area is 222 Å². The molecular formula is C29H34N8O. The van der Waals surface area contributed by atoms with Gasteiger partial charge in [-0.05, 0) is 71.4 Å². The van der Waals surface area contributed by atoms with E-state index >= 15 is 0 Å². The maximum Gasteiger partial charge on any atom is 0.143 e. The number of hydrogen-bond acceptors (Lipinski definition) is 7. The van der Waals surface area contributed by atoms with E-state index in [0.29, 0.717) is 5.92 Å². The molecule has 2 aliphatic rings. The third-order valence-electron chi connectivity index (χ3n) is 7.70. The highest BCUT2D eigenvalue weighted by Gasteiger charge is 2.31. The van der Waals surface area contributed by atoms with Crippen molar-refractivity contribution in [2.24, 2.45) is 0 Å². The molecule has 4 aromatic rings. The van der Waals surface area contributed by atoms with E-state index in [4.69, 9.17) is 9.84 Å². The van der Waals surface area contributed by atoms with Crippen molar-refractivity contribution >= 4 is 16.7 Å². The first-order chi connectivity index (χ1) is 18.5. The number of ether oxygens (including phenoxy) is 1. The van der Waals surface area contributed by atoms with Crippen LogP contribution in [0.1, 0.15) is 76.9 Å². The Bertz CT molecular complexity index is 1480. The van der Waals surface area contributed by atoms with Gasteiger partial charge in [0.15, 0.2) is 0 Å². The van der Waals surface area contributed by atoms with E-state index in [0.717, 1.165) is 71.6 Å². The Morgan fingerprint density at radius 2 is 1.95 bits per heavy atom. The minimum Gasteiger partial charge on any atom is -0.489 e. The van der Waals surface area contributed by atoms with E-state index in [1.807, 2.05) is 38.5 Å². The summed E-state index contributed by atoms with van der Waals surface area (Å²) in [6.07, 6.45) is 14.0. The van der Waals surface area contributed by atoms with Crippen LogP contribution in [0.5, 0.6) is 5.75 Å². The van der Waals surface area contributed by atoms with Gasteiger partial charge < -0.3 is 10.1 Å². The van der Waals surface area contributed by atoms with Crippen molar-refractivity contribution in [3.8, 4) is 23.1 Å². The van der Waals surface area contributed by atoms with Gasteiger partial charge in [-0.25, -0.2) is 4.98 Å². The molecule has 0 aliphatic heterocycles. The monoisotopic (exact) mass is 510 g/mol. The first kappa shape index (κ1) is 24.4. The molecule has 2 aliphatic carbocycles. The Morgan fingerprint density at radius 3 is 2.68 bits per heavy atom. The largest absolute Gasteiger partial charge is 0.489 e. The number of hydrogen-bond donors (Lipinski definition) is 1. The summed E-state index contributed by atoms with van der Waals surface area (Å²) < 4.78 is 10.4. The number of nitrogens with one attached hydrogen (secondary N) is 1. The van der Waals surface area contributed by atoms with Gasteiger partial charge >= 0.3 is 0 Å². The number of nitrogens with zero attached hydrogens (tertiary/aromatic N) is 7. The van der Waals surface area contributed by atoms with E-state index in [1.165, 1.54) is 12.8 Å². The van der Waals surface area contributed by atoms with Crippen LogP contribution in [0, 0.1) is 11.3 Å². The molecule has 38 heavy (non-hydrogen) atoms. The fraction of sp³-hybridized carbons (Fsp3) is 0.483. The third kappa shape index (κ3) is 4.60. The molecule has 2 saturated carbocycles. The number of rotatable bonds is 8. The predicted molar refractivity (Wildman–Crippen MR) is 146 cm³/mol. The zero-order valence-electron chi connectivity index (χ0n) is 22.3. The van der Waals surface area contributed by atoms with Crippen LogP contribution in [0.2, 0.25) is 0 Å². The molecule has 2 fully saturated rings. The second kappa shape index (κ2) is 9.75. The van der Waals surface area contributed by atoms with Gasteiger partial charge in [-0.3, -0.25) is 14.3 Å². The summed E-state index contributed by atoms with van der Waals surface area (Å²) in [6.45, 7) is 6.57. The van der Waals surface area contributed by atoms with Crippen molar-refractivity contribution < 1.29 is 4.74 Å². The predicted octanol–water partition coefficient (Wildman–Crippen LogP) is 5.82. The van der Waals surface area contributed by atoms with E-state index < -0.39 is 5.54 Å². The normalized spacial score (nSPS) is 19.8. The van der Waals surface area contributed by atoms with Crippen molar-refractivity contribution in [3.63, 3.8) is 0 Å². The second-order valence-corrected chi connectivity index (χ2v) is 11.0. The Morgan fingerprint density at radius 1 is 1.13 bits per heavy atom. The van der Waals surface area contributed by atoms with Gasteiger partial charge in [-0.15, -0.1) is 0 Å². The molecule has 0 atom stereocenters. The van der Waals surface area contributed by atoms with Crippen molar-refractivity contribution in [2.45, 2.75) is 82.9 Å². The fourth-order valence-corrected chi connectivity index (χ4v) is 5.36. The highest BCUT2D eigenvalue weighted by atomic mass is 16.5. The van der Waals surface area contributed by atoms with Crippen molar-refractivity contribution in [2.75, 3.05) is 11.9 Å². The van der Waals surface area contributed by atoms with Gasteiger partial charge in [-0.1, -0.05) is 0 Å². The highest BCUT2D eigenvalue weighted by molar-refractivity contribution is 5.93. The minimum absolute atomic E-state index is 0.194. The smallest absolute Gasteiger partial charge is 0.143 e. The van der Waals surface area contributed by atoms with Crippen LogP contribution >= 0.6 is 0 Å². The standard InChI is InChI=1S/C29H34N8O/c1-4-31-26-14-24-23(16-33-26)27(20-15-34-36(17-20)29(2,3)18-30)35-37(24)21-9-11-22(12-10-21)38-25-6-5-13-32-28(25)19-7-8-19/h5-6,13-17,19,21-22H,4,7-12H2,1-3H3,(H,31,33)/t21-,22+. The number of nitriles is 1. The first-order valence-corrected chi connectivity index (χ1v) is 13.7. The van der Waals surface area contributed by atoms with Gasteiger partial charge in [-0.2, -0.15) is 15.5 Å². The summed E-state index contributed by atoms with van der Waals surface area (Å²) in [6, 6.07) is 8.72. The zero-order valence-corrected chi connectivity index (χ0v) is 22.3. The summed E-state index contributed by atoms with van der Waals surface area (Å²) in [5.41, 5.74) is 3.18. The van der Waals surface area contributed by atoms with Crippen molar-refractivity contribution in [1.82, 2.24) is 29.5 Å². The summed E-state index contributed by atoms with van der Waals surface area (Å²) >= 11 is 0. The summed E-state index contributed by atoms with van der Waals surface area (Å²) in [7, 11) is 0. The van der Waals surface area contributed by atoms with E-state index in [9.17, 15) is 5.26 Å². The molecule has 0 aromatic carbocycles. The van der Waals surface area contributed by atoms with E-state index in [1.54, 1.807) is 10.9 Å². The lowest BCUT2D eigenvalue weighted by Crippen LogP contribution is -2.26. The maximum absolute atomic E-state index is 9.55. The van der Waals surface area contributed by atoms with Crippen LogP contribution in [0.4, 0.5) is 5.82 Å². The van der Waals surface area contributed by atoms with Gasteiger partial charge in [0.05, 0.1) is 35.6 Å². The highest BCUT2D eigenvalue weighted by Crippen LogP contribution is 2.44. The molecule has 9 heteroatoms. The molecule has 0 amide bonds. The number of aromatic nitrogens is 6. The van der Waals surface area contributed by atoms with Crippen LogP contribution in [0.15, 0.2) is 43.0 Å². The average molecular weight is 511 g/mol. The quantitative estimate of drug-likeness (QED) is 0.318. The molecule has 4 aromatic heterocycles. The second-order valence-electron chi connectivity index (χ2n) is 11.0. The molecule has 0 radical (unpaired) electrons. The molecule has 196 valence electrons. The molecule has 0 unspecified atom stereocenters. The van der Waals surface area contributed by atoms with Gasteiger partial charge in [0.1, 0.15) is 22.8 Å². The molecule has 4 heterocycles. The van der Waals surface area contributed by atoms with E-state index in [2.05, 4.69) is 50.2 Å². The lowest BCUT2D eigenvalue weighted by molar-refractivity contribution is 0.129. The summed E-state index contributed by atoms with van der Waals surface area (Å²) in [5.74, 6) is 2.37. The zero-order chi connectivity index (χ0) is 26.3. The van der Waals surface area contributed by atoms with Crippen molar-refractivity contribution in [1.29, 1.82) is 5.26 Å². The molecule has 0 spiro atoms. The average Bonchev–Trinajstić information content (AvgIpc) is 3.53. The third-order valence-corrected chi connectivity index (χ3v) is 7.70. The molecule has 9 nitrogen and oxygen atoms in total. The van der Waals surface area contributed by atoms with Gasteiger partial charge in [0, 0.05) is 48.1 Å². The van der Waals surface area contributed by atoms with Gasteiger partial charge in [0.2, 0.25) is 0 Å². The summed E-state index contributed by atoms with van der Waals surface area (Å²) in [4.78, 5) is 9.23. The molecule has 0 saturated heterocycles. The molecule has 1 N–H and O–H groups in total. The topological polar surface area (TPSA) is 106 Å². The van der Waals surface area contributed by atoms with Crippen LogP contribution in [-0.2, 0) is 5.54 Å². The van der Waals surface area contributed by atoms with Crippen LogP contribution in [0.3, 0.4) is 0 Å². The molecule has 0 bridgehead atoms.